The number of aromatic nitrogens is 7. The monoisotopic (exact) mass is 1040 g/mol. The summed E-state index contributed by atoms with van der Waals surface area (Å²) in [6.45, 7) is 9.23. The van der Waals surface area contributed by atoms with Crippen LogP contribution >= 0.6 is 15.6 Å². The number of carbonyl (C=O) groups is 1. The second kappa shape index (κ2) is 23.3. The average molecular weight is 1040 g/mol. The van der Waals surface area contributed by atoms with Crippen LogP contribution in [-0.4, -0.2) is 128 Å². The number of amides is 1. The van der Waals surface area contributed by atoms with E-state index in [1.54, 1.807) is 48.5 Å². The number of benzene rings is 2. The molecule has 0 bridgehead atoms. The number of alkyl halides is 1. The zero-order chi connectivity index (χ0) is 51.7. The van der Waals surface area contributed by atoms with Crippen molar-refractivity contribution in [1.29, 1.82) is 10.5 Å². The molecule has 71 heavy (non-hydrogen) atoms. The lowest BCUT2D eigenvalue weighted by Crippen LogP contribution is -2.50. The third kappa shape index (κ3) is 12.7. The molecule has 0 radical (unpaired) electrons. The van der Waals surface area contributed by atoms with Crippen LogP contribution in [0.4, 0.5) is 10.2 Å². The number of phosphoric ester groups is 2. The van der Waals surface area contributed by atoms with Crippen molar-refractivity contribution in [2.24, 2.45) is 0 Å². The Hall–Kier alpha value is -5.57. The van der Waals surface area contributed by atoms with Gasteiger partial charge in [0.25, 0.3) is 5.91 Å². The third-order valence-electron chi connectivity index (χ3n) is 11.6. The lowest BCUT2D eigenvalue weighted by atomic mass is 10.1. The summed E-state index contributed by atoms with van der Waals surface area (Å²) in [5.74, 6) is -0.542. The summed E-state index contributed by atoms with van der Waals surface area (Å²) in [6.07, 6.45) is -10.8. The Morgan fingerprint density at radius 1 is 0.901 bits per heavy atom. The molecule has 3 N–H and O–H groups in total. The number of nitrogens with one attached hydrogen (secondary N) is 1. The molecule has 10 atom stereocenters. The summed E-state index contributed by atoms with van der Waals surface area (Å²) >= 11 is 0. The van der Waals surface area contributed by atoms with Gasteiger partial charge in [-0.3, -0.25) is 32.0 Å². The molecule has 5 heterocycles. The smallest absolute Gasteiger partial charge is 0.408 e. The number of nitrogens with zero attached hydrogens (tertiary/aromatic N) is 9. The lowest BCUT2D eigenvalue weighted by Gasteiger charge is -2.40. The summed E-state index contributed by atoms with van der Waals surface area (Å²) in [4.78, 5) is 52.7. The highest BCUT2D eigenvalue weighted by molar-refractivity contribution is 7.48. The highest BCUT2D eigenvalue weighted by Gasteiger charge is 2.56. The Balaban J connectivity index is 0.00000268. The van der Waals surface area contributed by atoms with Crippen molar-refractivity contribution in [3.05, 3.63) is 72.3 Å². The van der Waals surface area contributed by atoms with Crippen molar-refractivity contribution in [2.75, 3.05) is 31.7 Å². The molecular weight excluding hydrogens is 994 g/mol. The Labute approximate surface area is 406 Å². The molecule has 2 aliphatic rings. The van der Waals surface area contributed by atoms with Crippen LogP contribution in [0.25, 0.3) is 22.2 Å². The summed E-state index contributed by atoms with van der Waals surface area (Å²) in [7, 11) is -12.9. The molecule has 7 rings (SSSR count). The number of nitriles is 2. The molecule has 5 aromatic rings. The fourth-order valence-corrected chi connectivity index (χ4v) is 10.8. The Kier molecular flexibility index (Phi) is 18.0. The molecule has 2 aromatic carbocycles. The topological polar surface area (TPSA) is 334 Å². The number of aliphatic hydroxyl groups excluding tert-OH is 1. The van der Waals surface area contributed by atoms with Gasteiger partial charge in [0.2, 0.25) is 0 Å². The number of fused-ring (bicyclic) bond motifs is 2. The molecule has 25 nitrogen and oxygen atoms in total. The predicted octanol–water partition coefficient (Wildman–Crippen LogP) is 5.62. The van der Waals surface area contributed by atoms with Crippen LogP contribution in [0.3, 0.4) is 0 Å². The van der Waals surface area contributed by atoms with Gasteiger partial charge < -0.3 is 29.2 Å². The maximum Gasteiger partial charge on any atom is 0.475 e. The van der Waals surface area contributed by atoms with Gasteiger partial charge in [0, 0.05) is 5.56 Å². The Bertz CT molecular complexity index is 2870. The minimum atomic E-state index is -5.13. The number of anilines is 1. The average Bonchev–Trinajstić information content (AvgIpc) is 4.10. The molecule has 380 valence electrons. The number of imidazole rings is 1. The second-order valence-corrected chi connectivity index (χ2v) is 25.1. The molecule has 3 unspecified atom stereocenters. The largest absolute Gasteiger partial charge is 0.475 e. The normalized spacial score (nSPS) is 24.0. The number of phosphoric acid groups is 2. The molecular formula is C42H51FN10O15P2Si. The van der Waals surface area contributed by atoms with E-state index in [4.69, 9.17) is 51.4 Å². The van der Waals surface area contributed by atoms with Gasteiger partial charge in [0.05, 0.1) is 63.3 Å². The van der Waals surface area contributed by atoms with Crippen LogP contribution in [-0.2, 0) is 55.2 Å². The fourth-order valence-electron chi connectivity index (χ4n) is 7.19. The van der Waals surface area contributed by atoms with E-state index < -0.39 is 105 Å². The van der Waals surface area contributed by atoms with Gasteiger partial charge in [0.1, 0.15) is 42.4 Å². The first-order valence-electron chi connectivity index (χ1n) is 21.8. The van der Waals surface area contributed by atoms with Gasteiger partial charge in [-0.15, -0.1) is 5.10 Å². The van der Waals surface area contributed by atoms with Gasteiger partial charge in [-0.05, 0) is 48.8 Å². The van der Waals surface area contributed by atoms with E-state index in [1.165, 1.54) is 4.68 Å². The number of ether oxygens (including phenoxy) is 2. The number of hydrogen-bond donors (Lipinski definition) is 3. The van der Waals surface area contributed by atoms with Crippen molar-refractivity contribution in [3.63, 3.8) is 0 Å². The molecule has 1 amide bonds. The van der Waals surface area contributed by atoms with E-state index in [0.717, 1.165) is 22.8 Å². The van der Waals surface area contributed by atoms with E-state index in [9.17, 15) is 24.6 Å². The Morgan fingerprint density at radius 3 is 2.24 bits per heavy atom. The van der Waals surface area contributed by atoms with Gasteiger partial charge in [-0.1, -0.05) is 56.3 Å². The van der Waals surface area contributed by atoms with Crippen LogP contribution in [0, 0.1) is 29.6 Å². The summed E-state index contributed by atoms with van der Waals surface area (Å²) in [5.41, 5.74) is 2.13. The number of rotatable bonds is 20. The van der Waals surface area contributed by atoms with Gasteiger partial charge >= 0.3 is 21.8 Å². The van der Waals surface area contributed by atoms with Crippen LogP contribution in [0.5, 0.6) is 0 Å². The van der Waals surface area contributed by atoms with Gasteiger partial charge in [-0.25, -0.2) is 33.2 Å². The first kappa shape index (κ1) is 54.8. The van der Waals surface area contributed by atoms with Crippen LogP contribution < -0.4 is 5.32 Å². The highest BCUT2D eigenvalue weighted by atomic mass is 31.2. The quantitative estimate of drug-likeness (QED) is 0.0483. The standard InChI is InChI=1S/C41H51FN10O13P2Si.CO2/c1-25-13-10-16-27-31(25)49-50-52(27)40-35(34(28(21-53)61-40)65-68(5,6)41(2,3)4)64-67(57,59-20-12-18-44)60-22-29-33(63-66(55,56)58-19-11-17-43)30(42)39(62-29)51-24-47-32-36(45-23-46-37(32)51)48-38(54)26-14-8-7-9-15-26;2-1-3/h7-10,13-16,23-24,28-30,33-35,39-40,53H,11-12,19-22H2,1-6H3,(H,55,56)(H,45,46,48,54);/t28?,29-,30-,33-,34-,35-,39-,40-,67?;/m1./s1. The fraction of sp³-hybridized carbons (Fsp3) is 0.500. The van der Waals surface area contributed by atoms with Crippen molar-refractivity contribution >= 4 is 64.0 Å². The first-order valence-corrected chi connectivity index (χ1v) is 27.6. The maximum absolute atomic E-state index is 16.9. The summed E-state index contributed by atoms with van der Waals surface area (Å²) in [6, 6.07) is 17.3. The minimum Gasteiger partial charge on any atom is -0.408 e. The SMILES string of the molecule is Cc1cccc2c1nnn2[C@@H]1OC(CO)[C@@H](O[Si](C)(C)C(C)(C)C)[C@H]1OP(=O)(OCCC#N)OC[C@H]1O[C@@H](n2cnc3c(NC(=O)c4ccccc4)ncnc32)[C@H](F)[C@@H]1OP(=O)(O)OCCC#N.O=C=O. The second-order valence-electron chi connectivity index (χ2n) is 17.4. The maximum atomic E-state index is 16.9. The van der Waals surface area contributed by atoms with E-state index >= 15 is 8.96 Å². The third-order valence-corrected chi connectivity index (χ3v) is 18.6. The van der Waals surface area contributed by atoms with Gasteiger partial charge in [0.15, 0.2) is 43.9 Å². The van der Waals surface area contributed by atoms with E-state index in [1.807, 2.05) is 52.9 Å². The van der Waals surface area contributed by atoms with E-state index in [0.29, 0.717) is 16.6 Å². The minimum absolute atomic E-state index is 0.0236. The van der Waals surface area contributed by atoms with Crippen LogP contribution in [0.1, 0.15) is 62.0 Å². The molecule has 2 saturated heterocycles. The highest BCUT2D eigenvalue weighted by Crippen LogP contribution is 2.56. The molecule has 2 aliphatic heterocycles. The number of aryl methyl sites for hydroxylation is 1. The zero-order valence-corrected chi connectivity index (χ0v) is 41.9. The number of halogens is 1. The van der Waals surface area contributed by atoms with Gasteiger partial charge in [-0.2, -0.15) is 20.1 Å². The van der Waals surface area contributed by atoms with Crippen molar-refractivity contribution in [3.8, 4) is 12.1 Å². The summed E-state index contributed by atoms with van der Waals surface area (Å²) in [5, 5.41) is 40.1. The van der Waals surface area contributed by atoms with Crippen molar-refractivity contribution in [1.82, 2.24) is 34.5 Å². The van der Waals surface area contributed by atoms with Crippen LogP contribution in [0.15, 0.2) is 61.2 Å². The molecule has 0 aliphatic carbocycles. The predicted molar refractivity (Wildman–Crippen MR) is 244 cm³/mol. The van der Waals surface area contributed by atoms with E-state index in [-0.39, 0.29) is 41.0 Å². The van der Waals surface area contributed by atoms with E-state index in [2.05, 4.69) is 30.6 Å². The Morgan fingerprint density at radius 2 is 1.58 bits per heavy atom. The van der Waals surface area contributed by atoms with Crippen LogP contribution in [0.2, 0.25) is 18.1 Å². The van der Waals surface area contributed by atoms with Crippen molar-refractivity contribution in [2.45, 2.75) is 108 Å². The lowest BCUT2D eigenvalue weighted by molar-refractivity contribution is -0.191. The van der Waals surface area contributed by atoms with Crippen molar-refractivity contribution < 1.29 is 74.4 Å². The summed E-state index contributed by atoms with van der Waals surface area (Å²) < 4.78 is 95.4. The number of hydrogen-bond acceptors (Lipinski definition) is 21. The molecule has 2 fully saturated rings. The molecule has 0 spiro atoms. The molecule has 29 heteroatoms. The number of carbonyl (C=O) groups excluding carboxylic acids is 3. The number of aliphatic hydroxyl groups is 1. The molecule has 3 aromatic heterocycles. The zero-order valence-electron chi connectivity index (χ0n) is 39.1. The first-order chi connectivity index (χ1) is 33.7. The molecule has 0 saturated carbocycles.